The number of likely N-dealkylation sites (N-methyl/N-ethyl adjacent to an activating group) is 2. The van der Waals surface area contributed by atoms with Gasteiger partial charge in [-0.05, 0) is 58.1 Å². The van der Waals surface area contributed by atoms with Crippen molar-refractivity contribution in [3.05, 3.63) is 35.1 Å². The Kier molecular flexibility index (Phi) is 4.26. The fourth-order valence-corrected chi connectivity index (χ4v) is 3.57. The standard InChI is InChI=1S/C16H25FN2/c1-12-11-13(7-8-14(12)17)15(18-2)16(19(3)4)9-5-6-10-16/h7-8,11,15,18H,5-6,9-10H2,1-4H3. The molecular weight excluding hydrogens is 239 g/mol. The lowest BCUT2D eigenvalue weighted by atomic mass is 9.82. The zero-order chi connectivity index (χ0) is 14.0. The van der Waals surface area contributed by atoms with Crippen LogP contribution in [0.5, 0.6) is 0 Å². The summed E-state index contributed by atoms with van der Waals surface area (Å²) in [5, 5.41) is 3.47. The number of rotatable bonds is 4. The van der Waals surface area contributed by atoms with E-state index < -0.39 is 0 Å². The Labute approximate surface area is 116 Å². The van der Waals surface area contributed by atoms with Gasteiger partial charge in [0.2, 0.25) is 0 Å². The highest BCUT2D eigenvalue weighted by atomic mass is 19.1. The summed E-state index contributed by atoms with van der Waals surface area (Å²) < 4.78 is 13.5. The van der Waals surface area contributed by atoms with E-state index in [-0.39, 0.29) is 17.4 Å². The molecule has 1 fully saturated rings. The first-order valence-electron chi connectivity index (χ1n) is 7.12. The molecule has 19 heavy (non-hydrogen) atoms. The topological polar surface area (TPSA) is 15.3 Å². The van der Waals surface area contributed by atoms with E-state index in [1.807, 2.05) is 26.1 Å². The maximum atomic E-state index is 13.5. The van der Waals surface area contributed by atoms with Crippen molar-refractivity contribution in [2.24, 2.45) is 0 Å². The van der Waals surface area contributed by atoms with E-state index in [1.54, 1.807) is 6.07 Å². The summed E-state index contributed by atoms with van der Waals surface area (Å²) in [6, 6.07) is 5.75. The number of nitrogens with one attached hydrogen (secondary N) is 1. The van der Waals surface area contributed by atoms with Crippen LogP contribution in [0.3, 0.4) is 0 Å². The van der Waals surface area contributed by atoms with Gasteiger partial charge in [-0.15, -0.1) is 0 Å². The van der Waals surface area contributed by atoms with Crippen molar-refractivity contribution < 1.29 is 4.39 Å². The zero-order valence-electron chi connectivity index (χ0n) is 12.5. The maximum Gasteiger partial charge on any atom is 0.126 e. The van der Waals surface area contributed by atoms with Crippen LogP contribution < -0.4 is 5.32 Å². The largest absolute Gasteiger partial charge is 0.311 e. The highest BCUT2D eigenvalue weighted by molar-refractivity contribution is 5.29. The third-order valence-corrected chi connectivity index (χ3v) is 4.70. The minimum atomic E-state index is -0.121. The molecule has 1 saturated carbocycles. The maximum absolute atomic E-state index is 13.5. The van der Waals surface area contributed by atoms with E-state index in [9.17, 15) is 4.39 Å². The fourth-order valence-electron chi connectivity index (χ4n) is 3.57. The second-order valence-corrected chi connectivity index (χ2v) is 5.94. The first kappa shape index (κ1) is 14.5. The van der Waals surface area contributed by atoms with Gasteiger partial charge in [0.05, 0.1) is 6.04 Å². The first-order valence-corrected chi connectivity index (χ1v) is 7.12. The molecule has 1 N–H and O–H groups in total. The van der Waals surface area contributed by atoms with Gasteiger partial charge in [-0.25, -0.2) is 4.39 Å². The van der Waals surface area contributed by atoms with Gasteiger partial charge >= 0.3 is 0 Å². The minimum absolute atomic E-state index is 0.121. The Balaban J connectivity index is 2.40. The van der Waals surface area contributed by atoms with Crippen LogP contribution in [-0.2, 0) is 0 Å². The van der Waals surface area contributed by atoms with Crippen molar-refractivity contribution in [1.29, 1.82) is 0 Å². The van der Waals surface area contributed by atoms with Crippen LogP contribution >= 0.6 is 0 Å². The van der Waals surface area contributed by atoms with Crippen molar-refractivity contribution >= 4 is 0 Å². The molecule has 1 unspecified atom stereocenters. The summed E-state index contributed by atoms with van der Waals surface area (Å²) in [4.78, 5) is 2.35. The summed E-state index contributed by atoms with van der Waals surface area (Å²) in [7, 11) is 6.32. The number of nitrogens with zero attached hydrogens (tertiary/aromatic N) is 1. The van der Waals surface area contributed by atoms with Gasteiger partial charge in [0.15, 0.2) is 0 Å². The van der Waals surface area contributed by atoms with Crippen LogP contribution in [0.4, 0.5) is 4.39 Å². The minimum Gasteiger partial charge on any atom is -0.311 e. The molecule has 1 atom stereocenters. The molecular formula is C16H25FN2. The van der Waals surface area contributed by atoms with Crippen LogP contribution in [0.1, 0.15) is 42.9 Å². The molecule has 1 aliphatic rings. The van der Waals surface area contributed by atoms with Gasteiger partial charge in [0.25, 0.3) is 0 Å². The Morgan fingerprint density at radius 3 is 2.37 bits per heavy atom. The summed E-state index contributed by atoms with van der Waals surface area (Å²) in [5.74, 6) is -0.121. The Morgan fingerprint density at radius 2 is 1.89 bits per heavy atom. The summed E-state index contributed by atoms with van der Waals surface area (Å²) in [6.45, 7) is 1.84. The molecule has 106 valence electrons. The van der Waals surface area contributed by atoms with Gasteiger partial charge < -0.3 is 10.2 Å². The van der Waals surface area contributed by atoms with E-state index in [0.717, 1.165) is 5.56 Å². The molecule has 0 radical (unpaired) electrons. The first-order chi connectivity index (χ1) is 9.01. The number of aryl methyl sites for hydroxylation is 1. The van der Waals surface area contributed by atoms with Crippen molar-refractivity contribution in [2.45, 2.75) is 44.2 Å². The van der Waals surface area contributed by atoms with E-state index in [2.05, 4.69) is 24.3 Å². The van der Waals surface area contributed by atoms with Crippen LogP contribution in [-0.4, -0.2) is 31.6 Å². The second-order valence-electron chi connectivity index (χ2n) is 5.94. The monoisotopic (exact) mass is 264 g/mol. The van der Waals surface area contributed by atoms with Crippen molar-refractivity contribution in [3.63, 3.8) is 0 Å². The Morgan fingerprint density at radius 1 is 1.26 bits per heavy atom. The summed E-state index contributed by atoms with van der Waals surface area (Å²) >= 11 is 0. The van der Waals surface area contributed by atoms with Gasteiger partial charge in [-0.1, -0.05) is 25.0 Å². The summed E-state index contributed by atoms with van der Waals surface area (Å²) in [6.07, 6.45) is 4.94. The van der Waals surface area contributed by atoms with Gasteiger partial charge in [0, 0.05) is 5.54 Å². The molecule has 0 heterocycles. The van der Waals surface area contributed by atoms with Crippen molar-refractivity contribution in [3.8, 4) is 0 Å². The fraction of sp³-hybridized carbons (Fsp3) is 0.625. The van der Waals surface area contributed by atoms with E-state index in [4.69, 9.17) is 0 Å². The molecule has 0 saturated heterocycles. The lowest BCUT2D eigenvalue weighted by Gasteiger charge is -2.43. The van der Waals surface area contributed by atoms with E-state index in [0.29, 0.717) is 0 Å². The second kappa shape index (κ2) is 5.59. The molecule has 3 heteroatoms. The highest BCUT2D eigenvalue weighted by Crippen LogP contribution is 2.43. The number of halogens is 1. The molecule has 0 amide bonds. The quantitative estimate of drug-likeness (QED) is 0.898. The van der Waals surface area contributed by atoms with Crippen molar-refractivity contribution in [1.82, 2.24) is 10.2 Å². The van der Waals surface area contributed by atoms with Gasteiger partial charge in [0.1, 0.15) is 5.82 Å². The summed E-state index contributed by atoms with van der Waals surface area (Å²) in [5.41, 5.74) is 2.07. The Hall–Kier alpha value is -0.930. The zero-order valence-corrected chi connectivity index (χ0v) is 12.5. The van der Waals surface area contributed by atoms with Crippen LogP contribution in [0.25, 0.3) is 0 Å². The number of hydrogen-bond acceptors (Lipinski definition) is 2. The Bertz CT molecular complexity index is 436. The molecule has 1 aromatic rings. The van der Waals surface area contributed by atoms with Crippen LogP contribution in [0, 0.1) is 12.7 Å². The van der Waals surface area contributed by atoms with Gasteiger partial charge in [-0.2, -0.15) is 0 Å². The number of benzene rings is 1. The van der Waals surface area contributed by atoms with E-state index >= 15 is 0 Å². The molecule has 0 aromatic heterocycles. The van der Waals surface area contributed by atoms with E-state index in [1.165, 1.54) is 31.2 Å². The molecule has 1 aliphatic carbocycles. The lowest BCUT2D eigenvalue weighted by Crippen LogP contribution is -2.51. The highest BCUT2D eigenvalue weighted by Gasteiger charge is 2.43. The normalized spacial score (nSPS) is 19.9. The lowest BCUT2D eigenvalue weighted by molar-refractivity contribution is 0.108. The third-order valence-electron chi connectivity index (χ3n) is 4.70. The molecule has 2 rings (SSSR count). The average Bonchev–Trinajstić information content (AvgIpc) is 2.85. The molecule has 0 bridgehead atoms. The van der Waals surface area contributed by atoms with Gasteiger partial charge in [-0.3, -0.25) is 0 Å². The average molecular weight is 264 g/mol. The molecule has 1 aromatic carbocycles. The van der Waals surface area contributed by atoms with Crippen molar-refractivity contribution in [2.75, 3.05) is 21.1 Å². The van der Waals surface area contributed by atoms with Crippen LogP contribution in [0.2, 0.25) is 0 Å². The number of hydrogen-bond donors (Lipinski definition) is 1. The molecule has 0 spiro atoms. The molecule has 0 aliphatic heterocycles. The third kappa shape index (κ3) is 2.54. The predicted molar refractivity (Wildman–Crippen MR) is 77.8 cm³/mol. The molecule has 2 nitrogen and oxygen atoms in total. The smallest absolute Gasteiger partial charge is 0.126 e. The van der Waals surface area contributed by atoms with Crippen LogP contribution in [0.15, 0.2) is 18.2 Å². The predicted octanol–water partition coefficient (Wildman–Crippen LogP) is 3.27. The SMILES string of the molecule is CNC(c1ccc(F)c(C)c1)C1(N(C)C)CCCC1.